The number of amides is 1. The number of hydrogen-bond acceptors (Lipinski definition) is 2. The van der Waals surface area contributed by atoms with Crippen LogP contribution in [0.1, 0.15) is 10.4 Å². The van der Waals surface area contributed by atoms with Gasteiger partial charge in [0.25, 0.3) is 5.91 Å². The van der Waals surface area contributed by atoms with Gasteiger partial charge >= 0.3 is 0 Å². The van der Waals surface area contributed by atoms with E-state index >= 15 is 0 Å². The quantitative estimate of drug-likeness (QED) is 0.758. The summed E-state index contributed by atoms with van der Waals surface area (Å²) in [6, 6.07) is 0. The first kappa shape index (κ1) is 9.29. The predicted molar refractivity (Wildman–Crippen MR) is 47.6 cm³/mol. The number of hydrogen-bond donors (Lipinski definition) is 1. The lowest BCUT2D eigenvalue weighted by atomic mass is 10.2. The fourth-order valence-corrected chi connectivity index (χ4v) is 1.29. The van der Waals surface area contributed by atoms with Crippen molar-refractivity contribution in [1.82, 2.24) is 10.3 Å². The highest BCUT2D eigenvalue weighted by Crippen LogP contribution is 2.22. The summed E-state index contributed by atoms with van der Waals surface area (Å²) < 4.78 is 0. The van der Waals surface area contributed by atoms with Crippen LogP contribution in [0.3, 0.4) is 0 Å². The zero-order chi connectivity index (χ0) is 9.14. The molecular formula is C7H6Cl2N2O. The van der Waals surface area contributed by atoms with Gasteiger partial charge in [0.15, 0.2) is 0 Å². The fraction of sp³-hybridized carbons (Fsp3) is 0.143. The summed E-state index contributed by atoms with van der Waals surface area (Å²) in [5, 5.41) is 2.93. The molecule has 0 saturated carbocycles. The number of nitrogens with zero attached hydrogens (tertiary/aromatic N) is 1. The predicted octanol–water partition coefficient (Wildman–Crippen LogP) is 1.75. The second-order valence-corrected chi connectivity index (χ2v) is 2.87. The van der Waals surface area contributed by atoms with E-state index in [1.54, 1.807) is 0 Å². The van der Waals surface area contributed by atoms with Crippen molar-refractivity contribution in [1.29, 1.82) is 0 Å². The molecule has 1 heterocycles. The van der Waals surface area contributed by atoms with E-state index in [1.165, 1.54) is 19.4 Å². The van der Waals surface area contributed by atoms with Crippen LogP contribution < -0.4 is 5.32 Å². The Bertz CT molecular complexity index is 294. The minimum absolute atomic E-state index is 0.252. The summed E-state index contributed by atoms with van der Waals surface area (Å²) in [5.41, 5.74) is 0.260. The minimum atomic E-state index is -0.313. The first-order valence-electron chi connectivity index (χ1n) is 3.18. The highest BCUT2D eigenvalue weighted by atomic mass is 35.5. The Labute approximate surface area is 79.7 Å². The number of halogens is 2. The molecule has 0 aliphatic heterocycles. The number of pyridine rings is 1. The molecule has 0 bridgehead atoms. The van der Waals surface area contributed by atoms with Crippen LogP contribution in [0.5, 0.6) is 0 Å². The molecule has 0 fully saturated rings. The maximum atomic E-state index is 11.1. The number of aromatic nitrogens is 1. The molecule has 1 rings (SSSR count). The van der Waals surface area contributed by atoms with Gasteiger partial charge in [-0.2, -0.15) is 0 Å². The van der Waals surface area contributed by atoms with Crippen LogP contribution in [0.15, 0.2) is 12.4 Å². The van der Waals surface area contributed by atoms with Crippen molar-refractivity contribution < 1.29 is 4.79 Å². The monoisotopic (exact) mass is 204 g/mol. The van der Waals surface area contributed by atoms with Gasteiger partial charge in [-0.1, -0.05) is 23.2 Å². The van der Waals surface area contributed by atoms with E-state index in [0.29, 0.717) is 0 Å². The second kappa shape index (κ2) is 3.74. The van der Waals surface area contributed by atoms with Gasteiger partial charge in [-0.3, -0.25) is 9.78 Å². The van der Waals surface area contributed by atoms with Gasteiger partial charge < -0.3 is 5.32 Å². The normalized spacial score (nSPS) is 9.58. The number of rotatable bonds is 1. The van der Waals surface area contributed by atoms with Crippen LogP contribution in [-0.2, 0) is 0 Å². The molecule has 1 aromatic heterocycles. The van der Waals surface area contributed by atoms with Crippen molar-refractivity contribution in [3.05, 3.63) is 28.0 Å². The first-order chi connectivity index (χ1) is 5.66. The third-order valence-corrected chi connectivity index (χ3v) is 1.88. The summed E-state index contributed by atoms with van der Waals surface area (Å²) in [4.78, 5) is 14.9. The van der Waals surface area contributed by atoms with Crippen LogP contribution in [0.25, 0.3) is 0 Å². The maximum absolute atomic E-state index is 11.1. The fourth-order valence-electron chi connectivity index (χ4n) is 0.753. The molecule has 0 unspecified atom stereocenters. The Morgan fingerprint density at radius 3 is 2.33 bits per heavy atom. The molecule has 0 aliphatic carbocycles. The third-order valence-electron chi connectivity index (χ3n) is 1.31. The van der Waals surface area contributed by atoms with Crippen LogP contribution in [-0.4, -0.2) is 17.9 Å². The van der Waals surface area contributed by atoms with Gasteiger partial charge in [-0.05, 0) is 0 Å². The molecule has 0 aliphatic rings. The lowest BCUT2D eigenvalue weighted by molar-refractivity contribution is 0.0963. The van der Waals surface area contributed by atoms with Crippen LogP contribution in [0, 0.1) is 0 Å². The molecule has 0 spiro atoms. The Hall–Kier alpha value is -0.800. The Kier molecular flexibility index (Phi) is 2.89. The zero-order valence-electron chi connectivity index (χ0n) is 6.27. The van der Waals surface area contributed by atoms with E-state index in [0.717, 1.165) is 0 Å². The lowest BCUT2D eigenvalue weighted by Crippen LogP contribution is -2.18. The van der Waals surface area contributed by atoms with E-state index < -0.39 is 0 Å². The van der Waals surface area contributed by atoms with Crippen LogP contribution >= 0.6 is 23.2 Å². The second-order valence-electron chi connectivity index (χ2n) is 2.06. The molecule has 1 N–H and O–H groups in total. The lowest BCUT2D eigenvalue weighted by Gasteiger charge is -2.03. The first-order valence-corrected chi connectivity index (χ1v) is 3.93. The summed E-state index contributed by atoms with van der Waals surface area (Å²) >= 11 is 11.4. The average molecular weight is 205 g/mol. The molecule has 12 heavy (non-hydrogen) atoms. The van der Waals surface area contributed by atoms with Gasteiger partial charge in [0.2, 0.25) is 0 Å². The van der Waals surface area contributed by atoms with Crippen molar-refractivity contribution in [2.75, 3.05) is 7.05 Å². The van der Waals surface area contributed by atoms with Gasteiger partial charge in [-0.25, -0.2) is 0 Å². The standard InChI is InChI=1S/C7H6Cl2N2O/c1-10-7(12)6-4(8)2-11-3-5(6)9/h2-3H,1H3,(H,10,12). The average Bonchev–Trinajstić information content (AvgIpc) is 2.03. The highest BCUT2D eigenvalue weighted by Gasteiger charge is 2.12. The van der Waals surface area contributed by atoms with Gasteiger partial charge in [-0.15, -0.1) is 0 Å². The third kappa shape index (κ3) is 1.68. The van der Waals surface area contributed by atoms with E-state index in [-0.39, 0.29) is 21.5 Å². The van der Waals surface area contributed by atoms with Crippen molar-refractivity contribution in [3.8, 4) is 0 Å². The van der Waals surface area contributed by atoms with Gasteiger partial charge in [0.05, 0.1) is 15.6 Å². The summed E-state index contributed by atoms with van der Waals surface area (Å²) in [6.07, 6.45) is 2.75. The molecule has 0 saturated heterocycles. The summed E-state index contributed by atoms with van der Waals surface area (Å²) in [7, 11) is 1.51. The minimum Gasteiger partial charge on any atom is -0.355 e. The molecule has 1 amide bonds. The molecule has 0 atom stereocenters. The van der Waals surface area contributed by atoms with E-state index in [4.69, 9.17) is 23.2 Å². The van der Waals surface area contributed by atoms with E-state index in [1.807, 2.05) is 0 Å². The Morgan fingerprint density at radius 2 is 1.92 bits per heavy atom. The van der Waals surface area contributed by atoms with E-state index in [9.17, 15) is 4.79 Å². The molecule has 1 aromatic rings. The molecule has 0 aromatic carbocycles. The van der Waals surface area contributed by atoms with Crippen molar-refractivity contribution >= 4 is 29.1 Å². The Balaban J connectivity index is 3.21. The summed E-state index contributed by atoms with van der Waals surface area (Å²) in [6.45, 7) is 0. The van der Waals surface area contributed by atoms with Gasteiger partial charge in [0.1, 0.15) is 0 Å². The van der Waals surface area contributed by atoms with Crippen LogP contribution in [0.4, 0.5) is 0 Å². The number of nitrogens with one attached hydrogen (secondary N) is 1. The summed E-state index contributed by atoms with van der Waals surface area (Å²) in [5.74, 6) is -0.313. The van der Waals surface area contributed by atoms with Crippen LogP contribution in [0.2, 0.25) is 10.0 Å². The van der Waals surface area contributed by atoms with Gasteiger partial charge in [0, 0.05) is 19.4 Å². The number of carbonyl (C=O) groups excluding carboxylic acids is 1. The smallest absolute Gasteiger partial charge is 0.254 e. The van der Waals surface area contributed by atoms with Crippen molar-refractivity contribution in [2.45, 2.75) is 0 Å². The van der Waals surface area contributed by atoms with E-state index in [2.05, 4.69) is 10.3 Å². The van der Waals surface area contributed by atoms with Crippen molar-refractivity contribution in [3.63, 3.8) is 0 Å². The topological polar surface area (TPSA) is 42.0 Å². The molecule has 3 nitrogen and oxygen atoms in total. The molecular weight excluding hydrogens is 199 g/mol. The number of carbonyl (C=O) groups is 1. The zero-order valence-corrected chi connectivity index (χ0v) is 7.78. The molecule has 5 heteroatoms. The highest BCUT2D eigenvalue weighted by molar-refractivity contribution is 6.39. The SMILES string of the molecule is CNC(=O)c1c(Cl)cncc1Cl. The maximum Gasteiger partial charge on any atom is 0.254 e. The molecule has 64 valence electrons. The van der Waals surface area contributed by atoms with Crippen molar-refractivity contribution in [2.24, 2.45) is 0 Å². The Morgan fingerprint density at radius 1 is 1.42 bits per heavy atom. The largest absolute Gasteiger partial charge is 0.355 e. The molecule has 0 radical (unpaired) electrons.